The number of nitrogens with one attached hydrogen (secondary N) is 1. The Bertz CT molecular complexity index is 687. The number of benzene rings is 1. The van der Waals surface area contributed by atoms with Gasteiger partial charge in [0.15, 0.2) is 0 Å². The monoisotopic (exact) mass is 285 g/mol. The number of amides is 1. The number of nitrogens with zero attached hydrogens (tertiary/aromatic N) is 1. The van der Waals surface area contributed by atoms with Gasteiger partial charge in [-0.1, -0.05) is 19.1 Å². The van der Waals surface area contributed by atoms with Gasteiger partial charge >= 0.3 is 0 Å². The summed E-state index contributed by atoms with van der Waals surface area (Å²) in [6.45, 7) is 3.28. The van der Waals surface area contributed by atoms with Crippen LogP contribution in [0.15, 0.2) is 18.2 Å². The Morgan fingerprint density at radius 3 is 3.05 bits per heavy atom. The van der Waals surface area contributed by atoms with Crippen molar-refractivity contribution in [3.05, 3.63) is 35.0 Å². The van der Waals surface area contributed by atoms with Crippen molar-refractivity contribution < 1.29 is 4.79 Å². The maximum absolute atomic E-state index is 12.4. The molecule has 1 aliphatic rings. The van der Waals surface area contributed by atoms with Crippen molar-refractivity contribution in [2.24, 2.45) is 18.7 Å². The molecule has 2 aromatic rings. The van der Waals surface area contributed by atoms with Crippen LogP contribution >= 0.6 is 0 Å². The van der Waals surface area contributed by atoms with E-state index in [0.717, 1.165) is 29.8 Å². The van der Waals surface area contributed by atoms with E-state index in [1.54, 1.807) is 0 Å². The summed E-state index contributed by atoms with van der Waals surface area (Å²) >= 11 is 0. The molecule has 1 aromatic carbocycles. The summed E-state index contributed by atoms with van der Waals surface area (Å²) in [7, 11) is 2.08. The lowest BCUT2D eigenvalue weighted by atomic mass is 9.87. The van der Waals surface area contributed by atoms with Gasteiger partial charge in [0, 0.05) is 31.2 Å². The third-order valence-electron chi connectivity index (χ3n) is 4.55. The molecule has 0 spiro atoms. The maximum Gasteiger partial charge on any atom is 0.253 e. The molecule has 0 saturated heterocycles. The zero-order valence-corrected chi connectivity index (χ0v) is 12.8. The molecule has 0 bridgehead atoms. The van der Waals surface area contributed by atoms with Crippen molar-refractivity contribution in [2.75, 3.05) is 13.1 Å². The molecular formula is C17H23N3O. The van der Waals surface area contributed by atoms with Crippen molar-refractivity contribution in [3.63, 3.8) is 0 Å². The molecule has 4 nitrogen and oxygen atoms in total. The van der Waals surface area contributed by atoms with E-state index in [9.17, 15) is 4.79 Å². The maximum atomic E-state index is 12.4. The first-order chi connectivity index (χ1) is 10.1. The Morgan fingerprint density at radius 2 is 2.29 bits per heavy atom. The molecule has 4 heteroatoms. The van der Waals surface area contributed by atoms with Gasteiger partial charge in [0.1, 0.15) is 0 Å². The molecule has 0 saturated carbocycles. The average Bonchev–Trinajstić information content (AvgIpc) is 2.77. The van der Waals surface area contributed by atoms with E-state index >= 15 is 0 Å². The van der Waals surface area contributed by atoms with E-state index in [2.05, 4.69) is 29.9 Å². The Morgan fingerprint density at radius 1 is 1.48 bits per heavy atom. The molecular weight excluding hydrogens is 262 g/mol. The van der Waals surface area contributed by atoms with E-state index < -0.39 is 0 Å². The topological polar surface area (TPSA) is 60.1 Å². The van der Waals surface area contributed by atoms with Crippen LogP contribution in [0, 0.1) is 5.92 Å². The van der Waals surface area contributed by atoms with E-state index in [0.29, 0.717) is 13.1 Å². The minimum Gasteiger partial charge on any atom is -0.351 e. The summed E-state index contributed by atoms with van der Waals surface area (Å²) in [6, 6.07) is 6.04. The first-order valence-corrected chi connectivity index (χ1v) is 7.71. The van der Waals surface area contributed by atoms with E-state index in [-0.39, 0.29) is 5.91 Å². The highest BCUT2D eigenvalue weighted by atomic mass is 16.1. The second kappa shape index (κ2) is 5.53. The molecule has 1 atom stereocenters. The highest BCUT2D eigenvalue weighted by Crippen LogP contribution is 2.34. The molecule has 1 amide bonds. The Balaban J connectivity index is 2.13. The number of carbonyl (C=O) groups is 1. The van der Waals surface area contributed by atoms with Gasteiger partial charge in [0.05, 0.1) is 11.1 Å². The number of carbonyl (C=O) groups excluding carboxylic acids is 1. The molecule has 1 aliphatic carbocycles. The predicted octanol–water partition coefficient (Wildman–Crippen LogP) is 1.99. The first-order valence-electron chi connectivity index (χ1n) is 7.71. The van der Waals surface area contributed by atoms with E-state index in [1.807, 2.05) is 12.1 Å². The zero-order chi connectivity index (χ0) is 15.0. The van der Waals surface area contributed by atoms with Gasteiger partial charge in [-0.05, 0) is 36.8 Å². The van der Waals surface area contributed by atoms with Crippen molar-refractivity contribution in [2.45, 2.75) is 26.2 Å². The molecule has 112 valence electrons. The number of aryl methyl sites for hydroxylation is 1. The normalized spacial score (nSPS) is 17.8. The van der Waals surface area contributed by atoms with Crippen LogP contribution < -0.4 is 11.1 Å². The standard InChI is InChI=1S/C17H23N3O/c1-11-6-7-15-14(10-11)12-4-3-5-13(16(12)20(15)2)17(21)19-9-8-18/h3-5,11H,6-10,18H2,1-2H3,(H,19,21). The molecule has 1 aromatic heterocycles. The second-order valence-corrected chi connectivity index (χ2v) is 6.08. The lowest BCUT2D eigenvalue weighted by Gasteiger charge is -2.19. The quantitative estimate of drug-likeness (QED) is 0.906. The minimum absolute atomic E-state index is 0.0305. The summed E-state index contributed by atoms with van der Waals surface area (Å²) < 4.78 is 2.22. The molecule has 0 radical (unpaired) electrons. The van der Waals surface area contributed by atoms with Crippen molar-refractivity contribution in [1.82, 2.24) is 9.88 Å². The molecule has 0 aliphatic heterocycles. The van der Waals surface area contributed by atoms with Crippen molar-refractivity contribution in [1.29, 1.82) is 0 Å². The number of fused-ring (bicyclic) bond motifs is 3. The van der Waals surface area contributed by atoms with Crippen LogP contribution in [0.5, 0.6) is 0 Å². The second-order valence-electron chi connectivity index (χ2n) is 6.08. The lowest BCUT2D eigenvalue weighted by molar-refractivity contribution is 0.0956. The van der Waals surface area contributed by atoms with E-state index in [1.165, 1.54) is 23.1 Å². The fourth-order valence-electron chi connectivity index (χ4n) is 3.49. The van der Waals surface area contributed by atoms with Gasteiger partial charge in [-0.15, -0.1) is 0 Å². The average molecular weight is 285 g/mol. The van der Waals surface area contributed by atoms with Gasteiger partial charge in [0.2, 0.25) is 0 Å². The zero-order valence-electron chi connectivity index (χ0n) is 12.8. The van der Waals surface area contributed by atoms with Crippen LogP contribution in [0.25, 0.3) is 10.9 Å². The predicted molar refractivity (Wildman–Crippen MR) is 85.5 cm³/mol. The number of aromatic nitrogens is 1. The van der Waals surface area contributed by atoms with Gasteiger partial charge in [-0.2, -0.15) is 0 Å². The summed E-state index contributed by atoms with van der Waals surface area (Å²) in [4.78, 5) is 12.4. The smallest absolute Gasteiger partial charge is 0.253 e. The molecule has 1 unspecified atom stereocenters. The van der Waals surface area contributed by atoms with Crippen LogP contribution in [-0.2, 0) is 19.9 Å². The largest absolute Gasteiger partial charge is 0.351 e. The molecule has 3 rings (SSSR count). The SMILES string of the molecule is CC1CCc2c(c3cccc(C(=O)NCCN)c3n2C)C1. The molecule has 1 heterocycles. The summed E-state index contributed by atoms with van der Waals surface area (Å²) in [5.41, 5.74) is 10.1. The number of hydrogen-bond acceptors (Lipinski definition) is 2. The molecule has 3 N–H and O–H groups in total. The van der Waals surface area contributed by atoms with Crippen molar-refractivity contribution in [3.8, 4) is 0 Å². The van der Waals surface area contributed by atoms with Crippen LogP contribution in [0.3, 0.4) is 0 Å². The van der Waals surface area contributed by atoms with Crippen LogP contribution in [0.4, 0.5) is 0 Å². The number of para-hydroxylation sites is 1. The molecule has 0 fully saturated rings. The lowest BCUT2D eigenvalue weighted by Crippen LogP contribution is -2.29. The van der Waals surface area contributed by atoms with Gasteiger partial charge in [-0.3, -0.25) is 4.79 Å². The fraction of sp³-hybridized carbons (Fsp3) is 0.471. The van der Waals surface area contributed by atoms with E-state index in [4.69, 9.17) is 5.73 Å². The third-order valence-corrected chi connectivity index (χ3v) is 4.55. The Kier molecular flexibility index (Phi) is 3.72. The van der Waals surface area contributed by atoms with Crippen LogP contribution in [0.1, 0.15) is 35.0 Å². The number of rotatable bonds is 3. The number of hydrogen-bond donors (Lipinski definition) is 2. The highest BCUT2D eigenvalue weighted by molar-refractivity contribution is 6.07. The summed E-state index contributed by atoms with van der Waals surface area (Å²) in [5, 5.41) is 4.12. The van der Waals surface area contributed by atoms with Gasteiger partial charge < -0.3 is 15.6 Å². The molecule has 21 heavy (non-hydrogen) atoms. The van der Waals surface area contributed by atoms with Crippen LogP contribution in [0.2, 0.25) is 0 Å². The van der Waals surface area contributed by atoms with Crippen LogP contribution in [-0.4, -0.2) is 23.6 Å². The first kappa shape index (κ1) is 14.1. The van der Waals surface area contributed by atoms with Crippen molar-refractivity contribution >= 4 is 16.8 Å². The Hall–Kier alpha value is -1.81. The van der Waals surface area contributed by atoms with Gasteiger partial charge in [-0.25, -0.2) is 0 Å². The third kappa shape index (κ3) is 2.33. The summed E-state index contributed by atoms with van der Waals surface area (Å²) in [5.74, 6) is 0.690. The number of nitrogens with two attached hydrogens (primary N) is 1. The highest BCUT2D eigenvalue weighted by Gasteiger charge is 2.24. The summed E-state index contributed by atoms with van der Waals surface area (Å²) in [6.07, 6.45) is 3.44. The fourth-order valence-corrected chi connectivity index (χ4v) is 3.49. The van der Waals surface area contributed by atoms with Gasteiger partial charge in [0.25, 0.3) is 5.91 Å². The Labute approximate surface area is 125 Å². The minimum atomic E-state index is -0.0305.